The van der Waals surface area contributed by atoms with Crippen LogP contribution >= 0.6 is 11.6 Å². The van der Waals surface area contributed by atoms with Gasteiger partial charge in [-0.25, -0.2) is 0 Å². The van der Waals surface area contributed by atoms with Gasteiger partial charge in [-0.3, -0.25) is 4.79 Å². The number of rotatable bonds is 4. The van der Waals surface area contributed by atoms with Gasteiger partial charge in [-0.05, 0) is 37.0 Å². The van der Waals surface area contributed by atoms with E-state index in [-0.39, 0.29) is 23.9 Å². The molecule has 3 nitrogen and oxygen atoms in total. The third-order valence-electron chi connectivity index (χ3n) is 4.40. The van der Waals surface area contributed by atoms with E-state index in [9.17, 15) is 4.79 Å². The lowest BCUT2D eigenvalue weighted by Crippen LogP contribution is -2.42. The summed E-state index contributed by atoms with van der Waals surface area (Å²) in [5.74, 6) is 0.0556. The summed E-state index contributed by atoms with van der Waals surface area (Å²) in [6.07, 6.45) is 6.14. The van der Waals surface area contributed by atoms with Gasteiger partial charge in [-0.15, -0.1) is 0 Å². The van der Waals surface area contributed by atoms with E-state index in [1.807, 2.05) is 24.3 Å². The Bertz CT molecular complexity index is 460. The van der Waals surface area contributed by atoms with Crippen LogP contribution in [0, 0.1) is 5.92 Å². The van der Waals surface area contributed by atoms with E-state index in [2.05, 4.69) is 12.2 Å². The Balaban J connectivity index is 2.03. The first-order valence-electron chi connectivity index (χ1n) is 7.93. The van der Waals surface area contributed by atoms with Crippen molar-refractivity contribution in [3.8, 4) is 0 Å². The standard InChI is InChI=1S/C17H25ClN2O/c1-2-16(12-8-10-13(18)11-9-12)20-17(21)14-6-4-3-5-7-15(14)19/h8-11,14-16H,2-7,19H2,1H3,(H,20,21). The highest BCUT2D eigenvalue weighted by Crippen LogP contribution is 2.25. The largest absolute Gasteiger partial charge is 0.349 e. The van der Waals surface area contributed by atoms with Crippen molar-refractivity contribution in [2.24, 2.45) is 11.7 Å². The average Bonchev–Trinajstić information content (AvgIpc) is 2.70. The van der Waals surface area contributed by atoms with Crippen molar-refractivity contribution in [2.45, 2.75) is 57.5 Å². The maximum atomic E-state index is 12.6. The van der Waals surface area contributed by atoms with Crippen LogP contribution in [-0.4, -0.2) is 11.9 Å². The highest BCUT2D eigenvalue weighted by Gasteiger charge is 2.28. The Morgan fingerprint density at radius 1 is 1.29 bits per heavy atom. The quantitative estimate of drug-likeness (QED) is 0.831. The van der Waals surface area contributed by atoms with E-state index in [1.54, 1.807) is 0 Å². The first-order valence-corrected chi connectivity index (χ1v) is 8.31. The smallest absolute Gasteiger partial charge is 0.225 e. The molecule has 2 rings (SSSR count). The van der Waals surface area contributed by atoms with Crippen LogP contribution in [0.4, 0.5) is 0 Å². The first kappa shape index (κ1) is 16.3. The van der Waals surface area contributed by atoms with Gasteiger partial charge in [0, 0.05) is 11.1 Å². The van der Waals surface area contributed by atoms with Crippen molar-refractivity contribution in [2.75, 3.05) is 0 Å². The zero-order valence-corrected chi connectivity index (χ0v) is 13.4. The van der Waals surface area contributed by atoms with Crippen molar-refractivity contribution in [3.63, 3.8) is 0 Å². The van der Waals surface area contributed by atoms with Crippen molar-refractivity contribution in [1.82, 2.24) is 5.32 Å². The number of carbonyl (C=O) groups is 1. The van der Waals surface area contributed by atoms with Crippen LogP contribution < -0.4 is 11.1 Å². The lowest BCUT2D eigenvalue weighted by Gasteiger charge is -2.24. The molecule has 1 amide bonds. The van der Waals surface area contributed by atoms with Crippen LogP contribution in [0.3, 0.4) is 0 Å². The third kappa shape index (κ3) is 4.45. The second-order valence-corrected chi connectivity index (χ2v) is 6.37. The number of benzene rings is 1. The van der Waals surface area contributed by atoms with Crippen molar-refractivity contribution in [3.05, 3.63) is 34.9 Å². The summed E-state index contributed by atoms with van der Waals surface area (Å²) in [6.45, 7) is 2.08. The Kier molecular flexibility index (Phi) is 6.07. The molecular weight excluding hydrogens is 284 g/mol. The molecule has 1 aliphatic carbocycles. The Morgan fingerprint density at radius 3 is 2.62 bits per heavy atom. The molecule has 1 aromatic rings. The van der Waals surface area contributed by atoms with Crippen LogP contribution in [0.15, 0.2) is 24.3 Å². The Morgan fingerprint density at radius 2 is 1.95 bits per heavy atom. The van der Waals surface area contributed by atoms with E-state index in [0.717, 1.165) is 37.7 Å². The second kappa shape index (κ2) is 7.81. The van der Waals surface area contributed by atoms with E-state index < -0.39 is 0 Å². The van der Waals surface area contributed by atoms with Crippen molar-refractivity contribution >= 4 is 17.5 Å². The van der Waals surface area contributed by atoms with E-state index in [0.29, 0.717) is 5.02 Å². The lowest BCUT2D eigenvalue weighted by atomic mass is 9.93. The Labute approximate surface area is 132 Å². The predicted molar refractivity (Wildman–Crippen MR) is 87.2 cm³/mol. The fraction of sp³-hybridized carbons (Fsp3) is 0.588. The van der Waals surface area contributed by atoms with Crippen LogP contribution in [-0.2, 0) is 4.79 Å². The average molecular weight is 309 g/mol. The summed E-state index contributed by atoms with van der Waals surface area (Å²) in [4.78, 5) is 12.6. The van der Waals surface area contributed by atoms with Gasteiger partial charge in [0.1, 0.15) is 0 Å². The van der Waals surface area contributed by atoms with E-state index in [1.165, 1.54) is 6.42 Å². The number of halogens is 1. The number of nitrogens with one attached hydrogen (secondary N) is 1. The summed E-state index contributed by atoms with van der Waals surface area (Å²) in [5, 5.41) is 3.88. The summed E-state index contributed by atoms with van der Waals surface area (Å²) in [5.41, 5.74) is 7.27. The van der Waals surface area contributed by atoms with Crippen molar-refractivity contribution < 1.29 is 4.79 Å². The van der Waals surface area contributed by atoms with E-state index >= 15 is 0 Å². The minimum absolute atomic E-state index is 0.00442. The van der Waals surface area contributed by atoms with E-state index in [4.69, 9.17) is 17.3 Å². The maximum Gasteiger partial charge on any atom is 0.225 e. The van der Waals surface area contributed by atoms with Gasteiger partial charge in [0.05, 0.1) is 12.0 Å². The molecule has 1 fully saturated rings. The van der Waals surface area contributed by atoms with Gasteiger partial charge in [-0.2, -0.15) is 0 Å². The minimum Gasteiger partial charge on any atom is -0.349 e. The van der Waals surface area contributed by atoms with Crippen molar-refractivity contribution in [1.29, 1.82) is 0 Å². The summed E-state index contributed by atoms with van der Waals surface area (Å²) in [6, 6.07) is 7.71. The van der Waals surface area contributed by atoms with Gasteiger partial charge in [0.25, 0.3) is 0 Å². The molecule has 0 bridgehead atoms. The minimum atomic E-state index is -0.0474. The third-order valence-corrected chi connectivity index (χ3v) is 4.66. The molecule has 3 atom stereocenters. The molecule has 0 aliphatic heterocycles. The molecule has 0 saturated heterocycles. The molecule has 3 N–H and O–H groups in total. The number of carbonyl (C=O) groups excluding carboxylic acids is 1. The van der Waals surface area contributed by atoms with Gasteiger partial charge < -0.3 is 11.1 Å². The molecule has 116 valence electrons. The molecule has 0 heterocycles. The molecule has 21 heavy (non-hydrogen) atoms. The van der Waals surface area contributed by atoms with Crippen LogP contribution in [0.2, 0.25) is 5.02 Å². The monoisotopic (exact) mass is 308 g/mol. The summed E-state index contributed by atoms with van der Waals surface area (Å²) in [7, 11) is 0. The SMILES string of the molecule is CCC(NC(=O)C1CCCCCC1N)c1ccc(Cl)cc1. The second-order valence-electron chi connectivity index (χ2n) is 5.93. The molecule has 1 aromatic carbocycles. The topological polar surface area (TPSA) is 55.1 Å². The van der Waals surface area contributed by atoms with Crippen LogP contribution in [0.1, 0.15) is 57.1 Å². The molecule has 1 aliphatic rings. The van der Waals surface area contributed by atoms with Gasteiger partial charge in [0.2, 0.25) is 5.91 Å². The Hall–Kier alpha value is -1.06. The van der Waals surface area contributed by atoms with Crippen LogP contribution in [0.5, 0.6) is 0 Å². The molecule has 3 unspecified atom stereocenters. The summed E-state index contributed by atoms with van der Waals surface area (Å²) >= 11 is 5.92. The molecule has 1 saturated carbocycles. The van der Waals surface area contributed by atoms with Gasteiger partial charge in [-0.1, -0.05) is 49.9 Å². The molecule has 0 spiro atoms. The van der Waals surface area contributed by atoms with Crippen LogP contribution in [0.25, 0.3) is 0 Å². The maximum absolute atomic E-state index is 12.6. The molecule has 0 aromatic heterocycles. The predicted octanol–water partition coefficient (Wildman–Crippen LogP) is 3.81. The highest BCUT2D eigenvalue weighted by atomic mass is 35.5. The van der Waals surface area contributed by atoms with Gasteiger partial charge >= 0.3 is 0 Å². The fourth-order valence-electron chi connectivity index (χ4n) is 3.06. The number of nitrogens with two attached hydrogens (primary N) is 1. The zero-order valence-electron chi connectivity index (χ0n) is 12.6. The highest BCUT2D eigenvalue weighted by molar-refractivity contribution is 6.30. The number of hydrogen-bond donors (Lipinski definition) is 2. The number of amides is 1. The summed E-state index contributed by atoms with van der Waals surface area (Å²) < 4.78 is 0. The zero-order chi connectivity index (χ0) is 15.2. The number of hydrogen-bond acceptors (Lipinski definition) is 2. The normalized spacial score (nSPS) is 24.1. The molecular formula is C17H25ClN2O. The van der Waals surface area contributed by atoms with Gasteiger partial charge in [0.15, 0.2) is 0 Å². The molecule has 0 radical (unpaired) electrons. The first-order chi connectivity index (χ1) is 10.1. The molecule has 4 heteroatoms. The lowest BCUT2D eigenvalue weighted by molar-refractivity contribution is -0.126. The fourth-order valence-corrected chi connectivity index (χ4v) is 3.18.